The van der Waals surface area contributed by atoms with E-state index in [1.54, 1.807) is 0 Å². The van der Waals surface area contributed by atoms with E-state index in [2.05, 4.69) is 10.2 Å². The van der Waals surface area contributed by atoms with Crippen LogP contribution in [-0.4, -0.2) is 81.8 Å². The summed E-state index contributed by atoms with van der Waals surface area (Å²) in [4.78, 5) is 13.9. The zero-order valence-electron chi connectivity index (χ0n) is 12.7. The van der Waals surface area contributed by atoms with Gasteiger partial charge in [-0.3, -0.25) is 4.79 Å². The molecule has 1 N–H and O–H groups in total. The van der Waals surface area contributed by atoms with E-state index in [9.17, 15) is 13.2 Å². The normalized spacial score (nSPS) is 23.0. The van der Waals surface area contributed by atoms with Crippen LogP contribution in [0.3, 0.4) is 0 Å². The van der Waals surface area contributed by atoms with Gasteiger partial charge in [-0.25, -0.2) is 8.42 Å². The molecule has 21 heavy (non-hydrogen) atoms. The van der Waals surface area contributed by atoms with Gasteiger partial charge in [0.1, 0.15) is 6.04 Å². The van der Waals surface area contributed by atoms with Gasteiger partial charge in [-0.05, 0) is 19.3 Å². The average molecular weight is 319 g/mol. The van der Waals surface area contributed by atoms with E-state index < -0.39 is 10.0 Å². The highest BCUT2D eigenvalue weighted by atomic mass is 32.2. The highest BCUT2D eigenvalue weighted by Gasteiger charge is 2.30. The van der Waals surface area contributed by atoms with Crippen LogP contribution in [0.4, 0.5) is 0 Å². The molecule has 1 aliphatic carbocycles. The molecule has 1 aliphatic heterocycles. The zero-order chi connectivity index (χ0) is 15.5. The number of esters is 1. The smallest absolute Gasteiger partial charge is 0.322 e. The summed E-state index contributed by atoms with van der Waals surface area (Å²) in [6.45, 7) is 3.25. The van der Waals surface area contributed by atoms with Crippen LogP contribution in [0, 0.1) is 0 Å². The molecule has 1 saturated heterocycles. The van der Waals surface area contributed by atoms with Crippen molar-refractivity contribution in [1.82, 2.24) is 14.5 Å². The Morgan fingerprint density at radius 3 is 2.38 bits per heavy atom. The zero-order valence-corrected chi connectivity index (χ0v) is 13.6. The fourth-order valence-electron chi connectivity index (χ4n) is 2.54. The predicted octanol–water partition coefficient (Wildman–Crippen LogP) is -0.753. The standard InChI is InChI=1S/C13H25N3O4S/c1-20-13(17)12(14-11-3-4-11)5-6-15-7-9-16(10-8-15)21(2,18)19/h11-12,14H,3-10H2,1-2H3. The molecule has 1 unspecified atom stereocenters. The summed E-state index contributed by atoms with van der Waals surface area (Å²) in [5, 5.41) is 3.31. The van der Waals surface area contributed by atoms with Crippen molar-refractivity contribution >= 4 is 16.0 Å². The quantitative estimate of drug-likeness (QED) is 0.622. The third-order valence-corrected chi connectivity index (χ3v) is 5.34. The Kier molecular flexibility index (Phi) is 5.59. The Labute approximate surface area is 126 Å². The van der Waals surface area contributed by atoms with Gasteiger partial charge in [0.05, 0.1) is 13.4 Å². The van der Waals surface area contributed by atoms with Crippen LogP contribution >= 0.6 is 0 Å². The number of hydrogen-bond acceptors (Lipinski definition) is 6. The Balaban J connectivity index is 1.75. The third kappa shape index (κ3) is 5.21. The van der Waals surface area contributed by atoms with Crippen molar-refractivity contribution < 1.29 is 17.9 Å². The van der Waals surface area contributed by atoms with Crippen molar-refractivity contribution in [2.24, 2.45) is 0 Å². The van der Waals surface area contributed by atoms with E-state index in [-0.39, 0.29) is 12.0 Å². The Morgan fingerprint density at radius 2 is 1.90 bits per heavy atom. The maximum absolute atomic E-state index is 11.7. The van der Waals surface area contributed by atoms with E-state index in [1.807, 2.05) is 0 Å². The predicted molar refractivity (Wildman–Crippen MR) is 79.4 cm³/mol. The second-order valence-electron chi connectivity index (χ2n) is 5.81. The molecule has 1 heterocycles. The first-order chi connectivity index (χ1) is 9.90. The molecule has 0 bridgehead atoms. The molecule has 0 radical (unpaired) electrons. The molecular formula is C13H25N3O4S. The monoisotopic (exact) mass is 319 g/mol. The minimum absolute atomic E-state index is 0.211. The summed E-state index contributed by atoms with van der Waals surface area (Å²) in [6.07, 6.45) is 4.19. The van der Waals surface area contributed by atoms with E-state index in [1.165, 1.54) is 17.7 Å². The molecule has 2 rings (SSSR count). The maximum atomic E-state index is 11.7. The summed E-state index contributed by atoms with van der Waals surface area (Å²) in [5.41, 5.74) is 0. The number of rotatable bonds is 7. The molecule has 1 saturated carbocycles. The molecule has 7 nitrogen and oxygen atoms in total. The van der Waals surface area contributed by atoms with Crippen LogP contribution in [0.25, 0.3) is 0 Å². The van der Waals surface area contributed by atoms with Crippen LogP contribution in [0.5, 0.6) is 0 Å². The second kappa shape index (κ2) is 7.04. The maximum Gasteiger partial charge on any atom is 0.322 e. The molecule has 1 atom stereocenters. The first kappa shape index (κ1) is 16.7. The SMILES string of the molecule is COC(=O)C(CCN1CCN(S(C)(=O)=O)CC1)NC1CC1. The number of carbonyl (C=O) groups is 1. The van der Waals surface area contributed by atoms with Gasteiger partial charge in [-0.2, -0.15) is 4.31 Å². The second-order valence-corrected chi connectivity index (χ2v) is 7.79. The summed E-state index contributed by atoms with van der Waals surface area (Å²) < 4.78 is 29.2. The van der Waals surface area contributed by atoms with Crippen LogP contribution in [0.15, 0.2) is 0 Å². The van der Waals surface area contributed by atoms with Crippen molar-refractivity contribution in [3.05, 3.63) is 0 Å². The van der Waals surface area contributed by atoms with Gasteiger partial charge in [0.15, 0.2) is 0 Å². The lowest BCUT2D eigenvalue weighted by Crippen LogP contribution is -2.50. The third-order valence-electron chi connectivity index (χ3n) is 4.03. The van der Waals surface area contributed by atoms with Gasteiger partial charge in [-0.1, -0.05) is 0 Å². The fraction of sp³-hybridized carbons (Fsp3) is 0.923. The van der Waals surface area contributed by atoms with Crippen molar-refractivity contribution in [3.63, 3.8) is 0 Å². The van der Waals surface area contributed by atoms with Crippen LogP contribution in [0.2, 0.25) is 0 Å². The van der Waals surface area contributed by atoms with E-state index >= 15 is 0 Å². The average Bonchev–Trinajstić information content (AvgIpc) is 3.26. The van der Waals surface area contributed by atoms with Gasteiger partial charge in [0, 0.05) is 38.8 Å². The molecule has 2 fully saturated rings. The van der Waals surface area contributed by atoms with Crippen LogP contribution in [-0.2, 0) is 19.6 Å². The van der Waals surface area contributed by atoms with E-state index in [4.69, 9.17) is 4.74 Å². The lowest BCUT2D eigenvalue weighted by atomic mass is 10.2. The van der Waals surface area contributed by atoms with Crippen molar-refractivity contribution in [2.45, 2.75) is 31.3 Å². The first-order valence-electron chi connectivity index (χ1n) is 7.41. The van der Waals surface area contributed by atoms with E-state index in [0.29, 0.717) is 38.6 Å². The first-order valence-corrected chi connectivity index (χ1v) is 9.26. The summed E-state index contributed by atoms with van der Waals surface area (Å²) in [6, 6.07) is 0.201. The summed E-state index contributed by atoms with van der Waals surface area (Å²) in [5.74, 6) is -0.211. The minimum Gasteiger partial charge on any atom is -0.468 e. The van der Waals surface area contributed by atoms with E-state index in [0.717, 1.165) is 19.4 Å². The lowest BCUT2D eigenvalue weighted by Gasteiger charge is -2.33. The molecule has 0 aromatic carbocycles. The van der Waals surface area contributed by atoms with Crippen LogP contribution < -0.4 is 5.32 Å². The molecular weight excluding hydrogens is 294 g/mol. The molecule has 122 valence electrons. The Bertz CT molecular complexity index is 456. The number of nitrogens with one attached hydrogen (secondary N) is 1. The van der Waals surface area contributed by atoms with Crippen molar-refractivity contribution in [2.75, 3.05) is 46.1 Å². The van der Waals surface area contributed by atoms with Gasteiger partial charge in [0.25, 0.3) is 0 Å². The van der Waals surface area contributed by atoms with Crippen molar-refractivity contribution in [1.29, 1.82) is 0 Å². The largest absolute Gasteiger partial charge is 0.468 e. The van der Waals surface area contributed by atoms with Gasteiger partial charge in [-0.15, -0.1) is 0 Å². The van der Waals surface area contributed by atoms with Crippen molar-refractivity contribution in [3.8, 4) is 0 Å². The summed E-state index contributed by atoms with van der Waals surface area (Å²) in [7, 11) is -1.67. The number of piperazine rings is 1. The topological polar surface area (TPSA) is 79.0 Å². The number of methoxy groups -OCH3 is 1. The van der Waals surface area contributed by atoms with Gasteiger partial charge >= 0.3 is 5.97 Å². The number of hydrogen-bond donors (Lipinski definition) is 1. The molecule has 0 spiro atoms. The molecule has 0 aromatic heterocycles. The minimum atomic E-state index is -3.09. The lowest BCUT2D eigenvalue weighted by molar-refractivity contribution is -0.143. The highest BCUT2D eigenvalue weighted by molar-refractivity contribution is 7.88. The van der Waals surface area contributed by atoms with Gasteiger partial charge < -0.3 is 15.0 Å². The molecule has 0 amide bonds. The fourth-order valence-corrected chi connectivity index (χ4v) is 3.37. The molecule has 8 heteroatoms. The number of nitrogens with zero attached hydrogens (tertiary/aromatic N) is 2. The molecule has 0 aromatic rings. The Hall–Kier alpha value is -0.700. The molecule has 2 aliphatic rings. The number of carbonyl (C=O) groups excluding carboxylic acids is 1. The number of sulfonamides is 1. The highest BCUT2D eigenvalue weighted by Crippen LogP contribution is 2.20. The van der Waals surface area contributed by atoms with Gasteiger partial charge in [0.2, 0.25) is 10.0 Å². The Morgan fingerprint density at radius 1 is 1.29 bits per heavy atom. The summed E-state index contributed by atoms with van der Waals surface area (Å²) >= 11 is 0. The van der Waals surface area contributed by atoms with Crippen LogP contribution in [0.1, 0.15) is 19.3 Å². The number of ether oxygens (including phenoxy) is 1.